The maximum Gasteiger partial charge on any atom is 0.151 e. The van der Waals surface area contributed by atoms with Crippen molar-refractivity contribution in [2.24, 2.45) is 4.99 Å². The third-order valence-electron chi connectivity index (χ3n) is 3.26. The standard InChI is InChI=1S/C10H20N4O/c1-8-12-9(10(15)13(8)2)7-14-5-3-11-4-6-14/h9-11,15H,3-7H2,1-2H3. The predicted molar refractivity (Wildman–Crippen MR) is 60.0 cm³/mol. The average Bonchev–Trinajstić information content (AvgIpc) is 2.48. The number of aliphatic imine (C=N–C) groups is 1. The summed E-state index contributed by atoms with van der Waals surface area (Å²) in [5, 5.41) is 13.2. The van der Waals surface area contributed by atoms with Crippen molar-refractivity contribution in [2.75, 3.05) is 39.8 Å². The third kappa shape index (κ3) is 2.30. The minimum Gasteiger partial charge on any atom is -0.371 e. The van der Waals surface area contributed by atoms with E-state index >= 15 is 0 Å². The van der Waals surface area contributed by atoms with Crippen molar-refractivity contribution < 1.29 is 5.11 Å². The van der Waals surface area contributed by atoms with Gasteiger partial charge in [0.1, 0.15) is 6.04 Å². The lowest BCUT2D eigenvalue weighted by Gasteiger charge is -2.30. The number of nitrogens with zero attached hydrogens (tertiary/aromatic N) is 3. The zero-order chi connectivity index (χ0) is 10.8. The molecule has 5 nitrogen and oxygen atoms in total. The predicted octanol–water partition coefficient (Wildman–Crippen LogP) is -1.06. The Morgan fingerprint density at radius 1 is 1.47 bits per heavy atom. The number of amidine groups is 1. The molecule has 2 aliphatic heterocycles. The lowest BCUT2D eigenvalue weighted by molar-refractivity contribution is 0.0477. The molecule has 2 N–H and O–H groups in total. The molecule has 15 heavy (non-hydrogen) atoms. The quantitative estimate of drug-likeness (QED) is 0.613. The van der Waals surface area contributed by atoms with Crippen LogP contribution in [0.4, 0.5) is 0 Å². The van der Waals surface area contributed by atoms with Crippen LogP contribution in [0.2, 0.25) is 0 Å². The van der Waals surface area contributed by atoms with Gasteiger partial charge in [-0.1, -0.05) is 0 Å². The molecule has 2 aliphatic rings. The smallest absolute Gasteiger partial charge is 0.151 e. The van der Waals surface area contributed by atoms with Gasteiger partial charge in [0.2, 0.25) is 0 Å². The Kier molecular flexibility index (Phi) is 3.23. The zero-order valence-electron chi connectivity index (χ0n) is 9.48. The maximum absolute atomic E-state index is 9.93. The summed E-state index contributed by atoms with van der Waals surface area (Å²) < 4.78 is 0. The second-order valence-electron chi connectivity index (χ2n) is 4.32. The van der Waals surface area contributed by atoms with Crippen molar-refractivity contribution in [2.45, 2.75) is 19.2 Å². The highest BCUT2D eigenvalue weighted by Gasteiger charge is 2.31. The van der Waals surface area contributed by atoms with E-state index in [1.54, 1.807) is 0 Å². The fraction of sp³-hybridized carbons (Fsp3) is 0.900. The van der Waals surface area contributed by atoms with E-state index in [1.165, 1.54) is 0 Å². The van der Waals surface area contributed by atoms with Crippen LogP contribution in [-0.4, -0.2) is 72.8 Å². The van der Waals surface area contributed by atoms with Crippen molar-refractivity contribution >= 4 is 5.84 Å². The van der Waals surface area contributed by atoms with Gasteiger partial charge in [0.15, 0.2) is 6.23 Å². The van der Waals surface area contributed by atoms with Crippen LogP contribution in [0.1, 0.15) is 6.92 Å². The van der Waals surface area contributed by atoms with Crippen LogP contribution in [0.25, 0.3) is 0 Å². The van der Waals surface area contributed by atoms with Gasteiger partial charge in [0.05, 0.1) is 5.84 Å². The van der Waals surface area contributed by atoms with Gasteiger partial charge in [-0.2, -0.15) is 0 Å². The molecule has 0 aromatic heterocycles. The molecule has 2 rings (SSSR count). The van der Waals surface area contributed by atoms with Crippen LogP contribution in [0.3, 0.4) is 0 Å². The molecule has 0 bridgehead atoms. The van der Waals surface area contributed by atoms with Crippen LogP contribution in [0.5, 0.6) is 0 Å². The topological polar surface area (TPSA) is 51.1 Å². The van der Waals surface area contributed by atoms with E-state index in [9.17, 15) is 5.11 Å². The first-order valence-corrected chi connectivity index (χ1v) is 5.57. The van der Waals surface area contributed by atoms with Gasteiger partial charge in [-0.15, -0.1) is 0 Å². The van der Waals surface area contributed by atoms with Crippen molar-refractivity contribution in [1.29, 1.82) is 0 Å². The number of piperazine rings is 1. The molecule has 5 heteroatoms. The van der Waals surface area contributed by atoms with Crippen molar-refractivity contribution in [1.82, 2.24) is 15.1 Å². The van der Waals surface area contributed by atoms with Gasteiger partial charge in [-0.3, -0.25) is 9.89 Å². The van der Waals surface area contributed by atoms with Crippen molar-refractivity contribution in [3.63, 3.8) is 0 Å². The number of aliphatic hydroxyl groups is 1. The van der Waals surface area contributed by atoms with Gasteiger partial charge < -0.3 is 15.3 Å². The van der Waals surface area contributed by atoms with Crippen molar-refractivity contribution in [3.05, 3.63) is 0 Å². The lowest BCUT2D eigenvalue weighted by atomic mass is 10.2. The van der Waals surface area contributed by atoms with Gasteiger partial charge in [0, 0.05) is 39.8 Å². The normalized spacial score (nSPS) is 33.3. The minimum atomic E-state index is -0.445. The highest BCUT2D eigenvalue weighted by atomic mass is 16.3. The molecule has 2 heterocycles. The number of aliphatic hydroxyl groups excluding tert-OH is 1. The number of hydrogen-bond acceptors (Lipinski definition) is 5. The third-order valence-corrected chi connectivity index (χ3v) is 3.26. The van der Waals surface area contributed by atoms with E-state index < -0.39 is 6.23 Å². The number of likely N-dealkylation sites (N-methyl/N-ethyl adjacent to an activating group) is 1. The van der Waals surface area contributed by atoms with E-state index in [0.717, 1.165) is 38.6 Å². The molecule has 0 aliphatic carbocycles. The van der Waals surface area contributed by atoms with Crippen LogP contribution in [0.15, 0.2) is 4.99 Å². The monoisotopic (exact) mass is 212 g/mol. The second kappa shape index (κ2) is 4.47. The molecule has 0 radical (unpaired) electrons. The summed E-state index contributed by atoms with van der Waals surface area (Å²) in [5.74, 6) is 0.933. The van der Waals surface area contributed by atoms with E-state index in [-0.39, 0.29) is 6.04 Å². The molecule has 2 atom stereocenters. The molecular weight excluding hydrogens is 192 g/mol. The summed E-state index contributed by atoms with van der Waals surface area (Å²) in [7, 11) is 1.89. The van der Waals surface area contributed by atoms with Gasteiger partial charge in [0.25, 0.3) is 0 Å². The molecule has 1 fully saturated rings. The Morgan fingerprint density at radius 2 is 2.13 bits per heavy atom. The SMILES string of the molecule is CC1=NC(CN2CCNCC2)C(O)N1C. The number of rotatable bonds is 2. The highest BCUT2D eigenvalue weighted by molar-refractivity contribution is 5.81. The van der Waals surface area contributed by atoms with E-state index in [4.69, 9.17) is 0 Å². The van der Waals surface area contributed by atoms with Gasteiger partial charge >= 0.3 is 0 Å². The average molecular weight is 212 g/mol. The van der Waals surface area contributed by atoms with Crippen LogP contribution in [0, 0.1) is 0 Å². The van der Waals surface area contributed by atoms with Crippen molar-refractivity contribution in [3.8, 4) is 0 Å². The fourth-order valence-electron chi connectivity index (χ4n) is 2.14. The van der Waals surface area contributed by atoms with E-state index in [1.807, 2.05) is 18.9 Å². The fourth-order valence-corrected chi connectivity index (χ4v) is 2.14. The summed E-state index contributed by atoms with van der Waals surface area (Å²) in [6.07, 6.45) is -0.445. The molecule has 0 aromatic rings. The maximum atomic E-state index is 9.93. The molecule has 1 saturated heterocycles. The molecular formula is C10H20N4O. The summed E-state index contributed by atoms with van der Waals surface area (Å²) in [6.45, 7) is 7.01. The Balaban J connectivity index is 1.89. The Hall–Kier alpha value is -0.650. The van der Waals surface area contributed by atoms with E-state index in [2.05, 4.69) is 15.2 Å². The first-order chi connectivity index (χ1) is 7.18. The molecule has 0 spiro atoms. The first kappa shape index (κ1) is 10.9. The largest absolute Gasteiger partial charge is 0.371 e. The Bertz CT molecular complexity index is 250. The van der Waals surface area contributed by atoms with Crippen LogP contribution >= 0.6 is 0 Å². The molecule has 2 unspecified atom stereocenters. The van der Waals surface area contributed by atoms with Gasteiger partial charge in [-0.25, -0.2) is 0 Å². The summed E-state index contributed by atoms with van der Waals surface area (Å²) >= 11 is 0. The molecule has 0 aromatic carbocycles. The van der Waals surface area contributed by atoms with Crippen LogP contribution < -0.4 is 5.32 Å². The zero-order valence-corrected chi connectivity index (χ0v) is 9.48. The van der Waals surface area contributed by atoms with Gasteiger partial charge in [-0.05, 0) is 6.92 Å². The van der Waals surface area contributed by atoms with Crippen LogP contribution in [-0.2, 0) is 0 Å². The number of hydrogen-bond donors (Lipinski definition) is 2. The summed E-state index contributed by atoms with van der Waals surface area (Å²) in [4.78, 5) is 8.68. The van der Waals surface area contributed by atoms with E-state index in [0.29, 0.717) is 0 Å². The molecule has 86 valence electrons. The Morgan fingerprint density at radius 3 is 2.67 bits per heavy atom. The minimum absolute atomic E-state index is 0.0214. The first-order valence-electron chi connectivity index (χ1n) is 5.57. The Labute approximate surface area is 90.8 Å². The molecule has 0 saturated carbocycles. The number of nitrogens with one attached hydrogen (secondary N) is 1. The molecule has 0 amide bonds. The second-order valence-corrected chi connectivity index (χ2v) is 4.32. The lowest BCUT2D eigenvalue weighted by Crippen LogP contribution is -2.48. The highest BCUT2D eigenvalue weighted by Crippen LogP contribution is 2.15. The summed E-state index contributed by atoms with van der Waals surface area (Å²) in [5.41, 5.74) is 0. The summed E-state index contributed by atoms with van der Waals surface area (Å²) in [6, 6.07) is 0.0214.